The summed E-state index contributed by atoms with van der Waals surface area (Å²) in [4.78, 5) is 53.7. The molecule has 1 fully saturated rings. The molecule has 3 N–H and O–H groups in total. The number of hydrogen-bond acceptors (Lipinski definition) is 8. The Morgan fingerprint density at radius 2 is 1.71 bits per heavy atom. The molecule has 0 radical (unpaired) electrons. The number of rotatable bonds is 9. The van der Waals surface area contributed by atoms with E-state index in [9.17, 15) is 29.4 Å². The largest absolute Gasteiger partial charge is 0.482 e. The molecule has 1 saturated carbocycles. The van der Waals surface area contributed by atoms with Gasteiger partial charge in [0.25, 0.3) is 11.5 Å². The zero-order valence-corrected chi connectivity index (χ0v) is 23.2. The van der Waals surface area contributed by atoms with E-state index in [-0.39, 0.29) is 32.0 Å². The van der Waals surface area contributed by atoms with Gasteiger partial charge < -0.3 is 24.6 Å². The lowest BCUT2D eigenvalue weighted by Gasteiger charge is -2.30. The maximum absolute atomic E-state index is 13.8. The van der Waals surface area contributed by atoms with Crippen LogP contribution in [-0.4, -0.2) is 67.5 Å². The van der Waals surface area contributed by atoms with Crippen LogP contribution in [0, 0.1) is 5.92 Å². The Morgan fingerprint density at radius 3 is 2.34 bits per heavy atom. The Bertz CT molecular complexity index is 1460. The fourth-order valence-corrected chi connectivity index (χ4v) is 5.03. The molecule has 4 rings (SSSR count). The zero-order valence-electron chi connectivity index (χ0n) is 23.2. The molecule has 0 aliphatic heterocycles. The average molecular weight is 566 g/mol. The van der Waals surface area contributed by atoms with E-state index < -0.39 is 47.0 Å². The molecule has 218 valence electrons. The number of amides is 1. The summed E-state index contributed by atoms with van der Waals surface area (Å²) in [6.07, 6.45) is -0.940. The van der Waals surface area contributed by atoms with Crippen LogP contribution in [0.4, 0.5) is 0 Å². The summed E-state index contributed by atoms with van der Waals surface area (Å²) in [5.41, 5.74) is -0.675. The Labute approximate surface area is 237 Å². The van der Waals surface area contributed by atoms with E-state index in [1.54, 1.807) is 49.9 Å². The molecule has 1 heterocycles. The lowest BCUT2D eigenvalue weighted by Crippen LogP contribution is -2.42. The molecule has 11 nitrogen and oxygen atoms in total. The highest BCUT2D eigenvalue weighted by Crippen LogP contribution is 2.36. The molecule has 1 aromatic heterocycles. The normalized spacial score (nSPS) is 20.4. The molecule has 3 aromatic rings. The monoisotopic (exact) mass is 565 g/mol. The number of benzene rings is 2. The van der Waals surface area contributed by atoms with Crippen molar-refractivity contribution in [2.24, 2.45) is 5.92 Å². The predicted octanol–water partition coefficient (Wildman–Crippen LogP) is 1.88. The summed E-state index contributed by atoms with van der Waals surface area (Å²) in [6.45, 7) is 5.38. The number of aromatic amines is 1. The first-order chi connectivity index (χ1) is 19.4. The first-order valence-electron chi connectivity index (χ1n) is 13.4. The van der Waals surface area contributed by atoms with Gasteiger partial charge in [0.1, 0.15) is 17.5 Å². The number of carbonyl (C=O) groups excluding carboxylic acids is 2. The number of nitrogens with one attached hydrogen (secondary N) is 1. The quantitative estimate of drug-likeness (QED) is 0.333. The highest BCUT2D eigenvalue weighted by Gasteiger charge is 2.44. The molecule has 0 bridgehead atoms. The van der Waals surface area contributed by atoms with Gasteiger partial charge in [-0.2, -0.15) is 0 Å². The summed E-state index contributed by atoms with van der Waals surface area (Å²) in [6, 6.07) is 16.0. The number of H-pyrrole nitrogens is 1. The van der Waals surface area contributed by atoms with Crippen molar-refractivity contribution in [3.8, 4) is 5.75 Å². The molecule has 1 aliphatic carbocycles. The van der Waals surface area contributed by atoms with Crippen LogP contribution in [0.1, 0.15) is 49.2 Å². The number of aromatic nitrogens is 2. The molecule has 1 amide bonds. The highest BCUT2D eigenvalue weighted by molar-refractivity contribution is 5.94. The summed E-state index contributed by atoms with van der Waals surface area (Å²) in [5.74, 6) is -0.922. The molecule has 11 heteroatoms. The van der Waals surface area contributed by atoms with Gasteiger partial charge in [-0.25, -0.2) is 9.59 Å². The van der Waals surface area contributed by atoms with Crippen LogP contribution in [-0.2, 0) is 16.1 Å². The summed E-state index contributed by atoms with van der Waals surface area (Å²) in [7, 11) is 0. The number of aliphatic hydroxyl groups excluding tert-OH is 2. The van der Waals surface area contributed by atoms with Crippen molar-refractivity contribution in [1.82, 2.24) is 14.5 Å². The maximum atomic E-state index is 13.8. The first kappa shape index (κ1) is 29.8. The summed E-state index contributed by atoms with van der Waals surface area (Å²) >= 11 is 0. The van der Waals surface area contributed by atoms with E-state index in [0.29, 0.717) is 11.3 Å². The van der Waals surface area contributed by atoms with Crippen molar-refractivity contribution in [2.45, 2.75) is 57.6 Å². The van der Waals surface area contributed by atoms with Crippen LogP contribution in [0.5, 0.6) is 5.75 Å². The Hall–Kier alpha value is -4.22. The molecule has 0 unspecified atom stereocenters. The third kappa shape index (κ3) is 7.71. The minimum absolute atomic E-state index is 0.120. The minimum Gasteiger partial charge on any atom is -0.482 e. The summed E-state index contributed by atoms with van der Waals surface area (Å²) < 4.78 is 12.0. The molecular formula is C30H35N3O8. The molecule has 0 saturated heterocycles. The van der Waals surface area contributed by atoms with Crippen LogP contribution in [0.2, 0.25) is 0 Å². The molecule has 2 aromatic carbocycles. The van der Waals surface area contributed by atoms with Crippen LogP contribution >= 0.6 is 0 Å². The second-order valence-corrected chi connectivity index (χ2v) is 11.1. The van der Waals surface area contributed by atoms with Gasteiger partial charge in [-0.1, -0.05) is 30.3 Å². The fourth-order valence-electron chi connectivity index (χ4n) is 5.03. The average Bonchev–Trinajstić information content (AvgIpc) is 3.19. The van der Waals surface area contributed by atoms with E-state index >= 15 is 0 Å². The van der Waals surface area contributed by atoms with Crippen molar-refractivity contribution < 1.29 is 29.3 Å². The number of nitrogens with zero attached hydrogens (tertiary/aromatic N) is 2. The topological polar surface area (TPSA) is 151 Å². The second-order valence-electron chi connectivity index (χ2n) is 11.1. The van der Waals surface area contributed by atoms with Gasteiger partial charge in [0.15, 0.2) is 6.61 Å². The smallest absolute Gasteiger partial charge is 0.344 e. The zero-order chi connectivity index (χ0) is 29.7. The first-order valence-corrected chi connectivity index (χ1v) is 13.4. The van der Waals surface area contributed by atoms with E-state index in [2.05, 4.69) is 4.98 Å². The number of esters is 1. The third-order valence-electron chi connectivity index (χ3n) is 6.78. The highest BCUT2D eigenvalue weighted by atomic mass is 16.6. The van der Waals surface area contributed by atoms with Crippen molar-refractivity contribution in [3.05, 3.63) is 98.8 Å². The number of ether oxygens (including phenoxy) is 2. The van der Waals surface area contributed by atoms with Gasteiger partial charge in [-0.15, -0.1) is 0 Å². The number of carbonyl (C=O) groups is 2. The standard InChI is InChI=1S/C30H35N3O8/c1-30(2,3)41-25(36)18-40-22-11-9-20(10-12-22)28(38)32(16-19-7-5-4-6-8-19)17-21-15-23(34)27(37)26(21)33-14-13-24(35)31-29(33)39/h4-14,21,23,26-27,34,37H,15-18H2,1-3H3,(H,31,35,39)/t21-,23-,26-,27-/m0/s1. The van der Waals surface area contributed by atoms with Crippen molar-refractivity contribution >= 4 is 11.9 Å². The Kier molecular flexibility index (Phi) is 9.09. The van der Waals surface area contributed by atoms with E-state index in [4.69, 9.17) is 9.47 Å². The lowest BCUT2D eigenvalue weighted by molar-refractivity contribution is -0.157. The van der Waals surface area contributed by atoms with Crippen LogP contribution in [0.15, 0.2) is 76.4 Å². The van der Waals surface area contributed by atoms with Gasteiger partial charge in [-0.05, 0) is 57.0 Å². The van der Waals surface area contributed by atoms with Gasteiger partial charge in [0.05, 0.1) is 12.1 Å². The SMILES string of the molecule is CC(C)(C)OC(=O)COc1ccc(C(=O)N(Cc2ccccc2)C[C@@H]2C[C@H](O)[C@H](O)[C@H]2n2ccc(=O)[nH]c2=O)cc1. The molecule has 1 aliphatic rings. The van der Waals surface area contributed by atoms with Crippen LogP contribution < -0.4 is 16.0 Å². The molecule has 41 heavy (non-hydrogen) atoms. The van der Waals surface area contributed by atoms with Crippen molar-refractivity contribution in [1.29, 1.82) is 0 Å². The van der Waals surface area contributed by atoms with Crippen molar-refractivity contribution in [3.63, 3.8) is 0 Å². The lowest BCUT2D eigenvalue weighted by atomic mass is 10.0. The molecule has 4 atom stereocenters. The van der Waals surface area contributed by atoms with Gasteiger partial charge in [0, 0.05) is 36.8 Å². The van der Waals surface area contributed by atoms with Gasteiger partial charge >= 0.3 is 11.7 Å². The van der Waals surface area contributed by atoms with E-state index in [0.717, 1.165) is 5.56 Å². The summed E-state index contributed by atoms with van der Waals surface area (Å²) in [5, 5.41) is 21.3. The van der Waals surface area contributed by atoms with Gasteiger partial charge in [0.2, 0.25) is 0 Å². The number of hydrogen-bond donors (Lipinski definition) is 3. The Balaban J connectivity index is 1.55. The molecular weight excluding hydrogens is 530 g/mol. The third-order valence-corrected chi connectivity index (χ3v) is 6.78. The van der Waals surface area contributed by atoms with E-state index in [1.165, 1.54) is 16.8 Å². The maximum Gasteiger partial charge on any atom is 0.344 e. The van der Waals surface area contributed by atoms with Crippen LogP contribution in [0.3, 0.4) is 0 Å². The van der Waals surface area contributed by atoms with Crippen molar-refractivity contribution in [2.75, 3.05) is 13.2 Å². The second kappa shape index (κ2) is 12.5. The predicted molar refractivity (Wildman–Crippen MR) is 149 cm³/mol. The van der Waals surface area contributed by atoms with Crippen LogP contribution in [0.25, 0.3) is 0 Å². The molecule has 0 spiro atoms. The Morgan fingerprint density at radius 1 is 1.02 bits per heavy atom. The minimum atomic E-state index is -1.27. The number of aliphatic hydroxyl groups is 2. The van der Waals surface area contributed by atoms with Gasteiger partial charge in [-0.3, -0.25) is 19.1 Å². The fraction of sp³-hybridized carbons (Fsp3) is 0.400. The van der Waals surface area contributed by atoms with E-state index in [1.807, 2.05) is 30.3 Å².